The molecule has 3 rings (SSSR count). The van der Waals surface area contributed by atoms with Gasteiger partial charge in [0, 0.05) is 23.5 Å². The van der Waals surface area contributed by atoms with Crippen LogP contribution >= 0.6 is 0 Å². The van der Waals surface area contributed by atoms with E-state index >= 15 is 0 Å². The van der Waals surface area contributed by atoms with E-state index in [1.807, 2.05) is 26.8 Å². The standard InChI is InChI=1S/C24H35BN4O3/c1-16-12-21(13-19-8-6-5-7-9-19)17(2)24(31)29(16)15-23(30)26-14-20-10-11-22(27-18(20)3)28-25(4)32/h10-12,19,32H,5-9,13-15H2,1-4H3,(H,26,30)(H,27,28). The predicted molar refractivity (Wildman–Crippen MR) is 129 cm³/mol. The lowest BCUT2D eigenvalue weighted by Gasteiger charge is -2.23. The number of pyridine rings is 2. The minimum Gasteiger partial charge on any atom is -0.433 e. The number of nitrogens with zero attached hydrogens (tertiary/aromatic N) is 2. The second-order valence-electron chi connectivity index (χ2n) is 9.07. The van der Waals surface area contributed by atoms with Crippen LogP contribution in [0.15, 0.2) is 23.0 Å². The number of carbonyl (C=O) groups excluding carboxylic acids is 1. The summed E-state index contributed by atoms with van der Waals surface area (Å²) in [6.45, 7) is 7.60. The average molecular weight is 438 g/mol. The van der Waals surface area contributed by atoms with Gasteiger partial charge in [-0.1, -0.05) is 38.2 Å². The van der Waals surface area contributed by atoms with Crippen LogP contribution in [-0.4, -0.2) is 27.5 Å². The number of rotatable bonds is 8. The fraction of sp³-hybridized carbons (Fsp3) is 0.542. The minimum absolute atomic E-state index is 0.00333. The number of nitrogens with one attached hydrogen (secondary N) is 2. The van der Waals surface area contributed by atoms with Crippen molar-refractivity contribution in [2.75, 3.05) is 5.23 Å². The summed E-state index contributed by atoms with van der Waals surface area (Å²) in [4.78, 5) is 30.0. The van der Waals surface area contributed by atoms with Gasteiger partial charge in [-0.05, 0) is 63.2 Å². The normalized spacial score (nSPS) is 14.3. The van der Waals surface area contributed by atoms with Crippen molar-refractivity contribution in [3.05, 3.63) is 56.6 Å². The molecule has 2 aromatic rings. The first-order valence-corrected chi connectivity index (χ1v) is 11.6. The Bertz CT molecular complexity index is 1010. The first-order chi connectivity index (χ1) is 15.2. The summed E-state index contributed by atoms with van der Waals surface area (Å²) in [7, 11) is -0.688. The molecule has 0 atom stereocenters. The van der Waals surface area contributed by atoms with Crippen LogP contribution in [0.1, 0.15) is 60.2 Å². The maximum absolute atomic E-state index is 13.0. The Balaban J connectivity index is 1.63. The summed E-state index contributed by atoms with van der Waals surface area (Å²) in [5, 5.41) is 15.1. The Hall–Kier alpha value is -2.61. The molecule has 0 saturated heterocycles. The Kier molecular flexibility index (Phi) is 8.12. The summed E-state index contributed by atoms with van der Waals surface area (Å²) in [6.07, 6.45) is 7.34. The van der Waals surface area contributed by atoms with Crippen molar-refractivity contribution < 1.29 is 9.82 Å². The highest BCUT2D eigenvalue weighted by atomic mass is 16.2. The number of aryl methyl sites for hydroxylation is 2. The number of anilines is 1. The summed E-state index contributed by atoms with van der Waals surface area (Å²) in [6, 6.07) is 5.72. The molecule has 0 unspecified atom stereocenters. The van der Waals surface area contributed by atoms with E-state index in [2.05, 4.69) is 21.6 Å². The van der Waals surface area contributed by atoms with Gasteiger partial charge in [0.25, 0.3) is 5.56 Å². The number of amides is 1. The summed E-state index contributed by atoms with van der Waals surface area (Å²) in [5.74, 6) is 1.04. The van der Waals surface area contributed by atoms with E-state index in [1.165, 1.54) is 32.1 Å². The lowest BCUT2D eigenvalue weighted by atomic mass is 9.84. The van der Waals surface area contributed by atoms with E-state index < -0.39 is 7.05 Å². The molecule has 172 valence electrons. The van der Waals surface area contributed by atoms with Gasteiger partial charge in [0.15, 0.2) is 0 Å². The molecule has 1 amide bonds. The number of hydrogen-bond acceptors (Lipinski definition) is 5. The van der Waals surface area contributed by atoms with Gasteiger partial charge in [0.1, 0.15) is 12.4 Å². The van der Waals surface area contributed by atoms with Crippen molar-refractivity contribution in [1.29, 1.82) is 0 Å². The van der Waals surface area contributed by atoms with Gasteiger partial charge in [-0.3, -0.25) is 9.59 Å². The summed E-state index contributed by atoms with van der Waals surface area (Å²) < 4.78 is 1.57. The maximum atomic E-state index is 13.0. The van der Waals surface area contributed by atoms with E-state index in [9.17, 15) is 14.6 Å². The van der Waals surface area contributed by atoms with Crippen LogP contribution in [0.25, 0.3) is 0 Å². The lowest BCUT2D eigenvalue weighted by Crippen LogP contribution is -2.34. The van der Waals surface area contributed by atoms with Gasteiger partial charge in [0.2, 0.25) is 5.91 Å². The fourth-order valence-electron chi connectivity index (χ4n) is 4.51. The average Bonchev–Trinajstić information content (AvgIpc) is 2.74. The van der Waals surface area contributed by atoms with Crippen LogP contribution in [0.3, 0.4) is 0 Å². The van der Waals surface area contributed by atoms with Gasteiger partial charge in [-0.25, -0.2) is 4.98 Å². The van der Waals surface area contributed by atoms with Crippen molar-refractivity contribution in [2.24, 2.45) is 5.92 Å². The first kappa shape index (κ1) is 24.0. The molecule has 1 fully saturated rings. The van der Waals surface area contributed by atoms with Crippen molar-refractivity contribution in [3.8, 4) is 0 Å². The smallest absolute Gasteiger partial charge is 0.408 e. The lowest BCUT2D eigenvalue weighted by molar-refractivity contribution is -0.121. The van der Waals surface area contributed by atoms with Gasteiger partial charge >= 0.3 is 7.05 Å². The van der Waals surface area contributed by atoms with Crippen LogP contribution in [-0.2, 0) is 24.3 Å². The second-order valence-corrected chi connectivity index (χ2v) is 9.07. The molecule has 1 saturated carbocycles. The van der Waals surface area contributed by atoms with Crippen LogP contribution in [0.4, 0.5) is 5.82 Å². The third-order valence-electron chi connectivity index (χ3n) is 6.42. The Labute approximate surface area is 190 Å². The van der Waals surface area contributed by atoms with Crippen LogP contribution in [0, 0.1) is 26.7 Å². The van der Waals surface area contributed by atoms with E-state index in [0.29, 0.717) is 18.3 Å². The summed E-state index contributed by atoms with van der Waals surface area (Å²) in [5.41, 5.74) is 4.30. The Morgan fingerprint density at radius 1 is 1.19 bits per heavy atom. The number of carbonyl (C=O) groups is 1. The van der Waals surface area contributed by atoms with Crippen molar-refractivity contribution in [1.82, 2.24) is 14.9 Å². The molecule has 8 heteroatoms. The van der Waals surface area contributed by atoms with Gasteiger partial charge in [-0.15, -0.1) is 0 Å². The highest BCUT2D eigenvalue weighted by molar-refractivity contribution is 6.52. The Morgan fingerprint density at radius 3 is 2.56 bits per heavy atom. The molecule has 3 N–H and O–H groups in total. The molecule has 2 aromatic heterocycles. The Morgan fingerprint density at radius 2 is 1.91 bits per heavy atom. The first-order valence-electron chi connectivity index (χ1n) is 11.6. The van der Waals surface area contributed by atoms with Crippen molar-refractivity contribution >= 4 is 18.8 Å². The molecular weight excluding hydrogens is 403 g/mol. The zero-order chi connectivity index (χ0) is 23.3. The van der Waals surface area contributed by atoms with Gasteiger partial charge in [-0.2, -0.15) is 0 Å². The van der Waals surface area contributed by atoms with Gasteiger partial charge in [0.05, 0.1) is 0 Å². The zero-order valence-electron chi connectivity index (χ0n) is 19.7. The number of hydrogen-bond donors (Lipinski definition) is 3. The monoisotopic (exact) mass is 438 g/mol. The highest BCUT2D eigenvalue weighted by Crippen LogP contribution is 2.27. The molecule has 0 radical (unpaired) electrons. The van der Waals surface area contributed by atoms with Crippen LogP contribution in [0.5, 0.6) is 0 Å². The minimum atomic E-state index is -0.688. The largest absolute Gasteiger partial charge is 0.433 e. The maximum Gasteiger partial charge on any atom is 0.408 e. The van der Waals surface area contributed by atoms with Crippen molar-refractivity contribution in [3.63, 3.8) is 0 Å². The molecule has 0 aromatic carbocycles. The predicted octanol–water partition coefficient (Wildman–Crippen LogP) is 3.13. The molecule has 7 nitrogen and oxygen atoms in total. The topological polar surface area (TPSA) is 96.2 Å². The molecule has 1 aliphatic carbocycles. The van der Waals surface area contributed by atoms with Crippen LogP contribution in [0.2, 0.25) is 6.82 Å². The molecule has 1 aliphatic rings. The molecule has 32 heavy (non-hydrogen) atoms. The number of aromatic nitrogens is 2. The quantitative estimate of drug-likeness (QED) is 0.551. The van der Waals surface area contributed by atoms with E-state index in [4.69, 9.17) is 0 Å². The second kappa shape index (κ2) is 10.8. The SMILES string of the molecule is CB(O)Nc1ccc(CNC(=O)Cn2c(C)cc(CC3CCCCC3)c(C)c2=O)c(C)n1. The van der Waals surface area contributed by atoms with E-state index in [0.717, 1.165) is 34.5 Å². The molecule has 0 bridgehead atoms. The van der Waals surface area contributed by atoms with Crippen LogP contribution < -0.4 is 16.1 Å². The van der Waals surface area contributed by atoms with Gasteiger partial charge < -0.3 is 20.1 Å². The molecule has 0 spiro atoms. The summed E-state index contributed by atoms with van der Waals surface area (Å²) >= 11 is 0. The van der Waals surface area contributed by atoms with Crippen molar-refractivity contribution in [2.45, 2.75) is 79.2 Å². The highest BCUT2D eigenvalue weighted by Gasteiger charge is 2.18. The third-order valence-corrected chi connectivity index (χ3v) is 6.42. The fourth-order valence-corrected chi connectivity index (χ4v) is 4.51. The molecular formula is C24H35BN4O3. The molecule has 2 heterocycles. The molecule has 0 aliphatic heterocycles. The zero-order valence-corrected chi connectivity index (χ0v) is 19.7. The van der Waals surface area contributed by atoms with E-state index in [-0.39, 0.29) is 18.0 Å². The third kappa shape index (κ3) is 6.22. The van der Waals surface area contributed by atoms with E-state index in [1.54, 1.807) is 17.5 Å².